The second-order valence-electron chi connectivity index (χ2n) is 6.71. The van der Waals surface area contributed by atoms with E-state index in [0.29, 0.717) is 33.1 Å². The Morgan fingerprint density at radius 3 is 2.19 bits per heavy atom. The molecular formula is C19H22ClN3O4. The topological polar surface area (TPSA) is 78.4 Å². The number of nitrogens with zero attached hydrogens (tertiary/aromatic N) is 3. The lowest BCUT2D eigenvalue weighted by atomic mass is 10.1. The van der Waals surface area contributed by atoms with Gasteiger partial charge in [-0.25, -0.2) is 4.79 Å². The van der Waals surface area contributed by atoms with Gasteiger partial charge in [0.1, 0.15) is 18.0 Å². The van der Waals surface area contributed by atoms with E-state index >= 15 is 0 Å². The third-order valence-corrected chi connectivity index (χ3v) is 5.55. The highest BCUT2D eigenvalue weighted by Gasteiger charge is 2.22. The Kier molecular flexibility index (Phi) is 4.92. The van der Waals surface area contributed by atoms with Crippen LogP contribution in [0.2, 0.25) is 5.02 Å². The van der Waals surface area contributed by atoms with Gasteiger partial charge in [-0.2, -0.15) is 0 Å². The largest absolute Gasteiger partial charge is 0.487 e. The van der Waals surface area contributed by atoms with Crippen molar-refractivity contribution in [1.82, 2.24) is 13.7 Å². The molecule has 0 atom stereocenters. The van der Waals surface area contributed by atoms with Crippen LogP contribution in [0, 0.1) is 13.8 Å². The number of benzene rings is 1. The van der Waals surface area contributed by atoms with Gasteiger partial charge in [0.25, 0.3) is 5.56 Å². The Balaban J connectivity index is 2.14. The fraction of sp³-hybridized carbons (Fsp3) is 0.368. The highest BCUT2D eigenvalue weighted by Crippen LogP contribution is 2.28. The second-order valence-corrected chi connectivity index (χ2v) is 7.08. The summed E-state index contributed by atoms with van der Waals surface area (Å²) in [6.45, 7) is 3.61. The van der Waals surface area contributed by atoms with Gasteiger partial charge in [0, 0.05) is 31.7 Å². The van der Waals surface area contributed by atoms with Gasteiger partial charge >= 0.3 is 5.69 Å². The summed E-state index contributed by atoms with van der Waals surface area (Å²) >= 11 is 6.20. The molecule has 0 aliphatic rings. The lowest BCUT2D eigenvalue weighted by Crippen LogP contribution is -2.37. The molecular weight excluding hydrogens is 370 g/mol. The van der Waals surface area contributed by atoms with Gasteiger partial charge in [-0.3, -0.25) is 13.9 Å². The van der Waals surface area contributed by atoms with E-state index in [0.717, 1.165) is 15.7 Å². The molecule has 0 spiro atoms. The summed E-state index contributed by atoms with van der Waals surface area (Å²) in [7, 11) is 4.77. The van der Waals surface area contributed by atoms with Crippen LogP contribution in [0.4, 0.5) is 0 Å². The highest BCUT2D eigenvalue weighted by atomic mass is 35.5. The first-order valence-electron chi connectivity index (χ1n) is 8.45. The molecule has 1 aromatic carbocycles. The minimum Gasteiger partial charge on any atom is -0.487 e. The number of aliphatic hydroxyl groups excluding tert-OH is 1. The van der Waals surface area contributed by atoms with Gasteiger partial charge in [0.2, 0.25) is 0 Å². The molecule has 0 saturated carbocycles. The molecule has 0 saturated heterocycles. The van der Waals surface area contributed by atoms with Crippen LogP contribution in [0.1, 0.15) is 22.4 Å². The first-order chi connectivity index (χ1) is 12.7. The summed E-state index contributed by atoms with van der Waals surface area (Å²) in [6.07, 6.45) is 0. The van der Waals surface area contributed by atoms with Crippen molar-refractivity contribution in [1.29, 1.82) is 0 Å². The number of rotatable bonds is 4. The van der Waals surface area contributed by atoms with Gasteiger partial charge in [-0.15, -0.1) is 0 Å². The van der Waals surface area contributed by atoms with Crippen LogP contribution < -0.4 is 16.0 Å². The second kappa shape index (κ2) is 6.90. The Morgan fingerprint density at radius 1 is 1.04 bits per heavy atom. The van der Waals surface area contributed by atoms with Crippen LogP contribution in [-0.2, 0) is 34.4 Å². The van der Waals surface area contributed by atoms with Crippen molar-refractivity contribution in [3.8, 4) is 5.75 Å². The van der Waals surface area contributed by atoms with E-state index in [-0.39, 0.29) is 13.2 Å². The average molecular weight is 392 g/mol. The first-order valence-corrected chi connectivity index (χ1v) is 8.83. The minimum absolute atomic E-state index is 0.138. The highest BCUT2D eigenvalue weighted by molar-refractivity contribution is 6.32. The zero-order chi connectivity index (χ0) is 20.0. The van der Waals surface area contributed by atoms with Crippen LogP contribution in [0.3, 0.4) is 0 Å². The summed E-state index contributed by atoms with van der Waals surface area (Å²) < 4.78 is 10.1. The summed E-state index contributed by atoms with van der Waals surface area (Å²) in [6, 6.07) is 3.68. The zero-order valence-electron chi connectivity index (χ0n) is 16.0. The van der Waals surface area contributed by atoms with Gasteiger partial charge in [-0.05, 0) is 37.1 Å². The maximum Gasteiger partial charge on any atom is 0.332 e. The molecule has 0 unspecified atom stereocenters. The third-order valence-electron chi connectivity index (χ3n) is 4.95. The molecule has 0 bridgehead atoms. The molecule has 144 valence electrons. The van der Waals surface area contributed by atoms with Crippen molar-refractivity contribution in [3.05, 3.63) is 60.4 Å². The van der Waals surface area contributed by atoms with Crippen LogP contribution in [0.5, 0.6) is 5.75 Å². The van der Waals surface area contributed by atoms with E-state index < -0.39 is 11.2 Å². The Hall–Kier alpha value is -2.51. The molecule has 7 nitrogen and oxygen atoms in total. The van der Waals surface area contributed by atoms with E-state index in [9.17, 15) is 14.7 Å². The molecule has 3 rings (SSSR count). The SMILES string of the molecule is Cc1cc(OCc2c(CO)c3c(=O)n(C)c(=O)n(C)c3n2C)cc(C)c1Cl. The zero-order valence-corrected chi connectivity index (χ0v) is 16.7. The predicted octanol–water partition coefficient (Wildman–Crippen LogP) is 1.92. The monoisotopic (exact) mass is 391 g/mol. The lowest BCUT2D eigenvalue weighted by Gasteiger charge is -2.12. The summed E-state index contributed by atoms with van der Waals surface area (Å²) in [4.78, 5) is 24.9. The van der Waals surface area contributed by atoms with Crippen molar-refractivity contribution < 1.29 is 9.84 Å². The van der Waals surface area contributed by atoms with Gasteiger partial charge < -0.3 is 14.4 Å². The summed E-state index contributed by atoms with van der Waals surface area (Å²) in [5.41, 5.74) is 2.51. The Labute approximate surface area is 161 Å². The molecule has 8 heteroatoms. The summed E-state index contributed by atoms with van der Waals surface area (Å²) in [5, 5.41) is 10.9. The summed E-state index contributed by atoms with van der Waals surface area (Å²) in [5.74, 6) is 0.644. The van der Waals surface area contributed by atoms with E-state index in [2.05, 4.69) is 0 Å². The number of hydrogen-bond donors (Lipinski definition) is 1. The number of aromatic nitrogens is 3. The number of halogens is 1. The van der Waals surface area contributed by atoms with E-state index in [1.807, 2.05) is 26.0 Å². The van der Waals surface area contributed by atoms with Crippen molar-refractivity contribution >= 4 is 22.6 Å². The number of aryl methyl sites for hydroxylation is 4. The number of fused-ring (bicyclic) bond motifs is 1. The molecule has 27 heavy (non-hydrogen) atoms. The smallest absolute Gasteiger partial charge is 0.332 e. The molecule has 0 amide bonds. The minimum atomic E-state index is -0.433. The third kappa shape index (κ3) is 2.96. The molecule has 0 radical (unpaired) electrons. The lowest BCUT2D eigenvalue weighted by molar-refractivity contribution is 0.267. The fourth-order valence-electron chi connectivity index (χ4n) is 3.46. The molecule has 2 heterocycles. The van der Waals surface area contributed by atoms with Crippen molar-refractivity contribution in [2.75, 3.05) is 0 Å². The molecule has 0 aliphatic carbocycles. The van der Waals surface area contributed by atoms with Crippen LogP contribution in [0.15, 0.2) is 21.7 Å². The predicted molar refractivity (Wildman–Crippen MR) is 105 cm³/mol. The molecule has 2 aromatic heterocycles. The molecule has 0 fully saturated rings. The normalized spacial score (nSPS) is 11.4. The van der Waals surface area contributed by atoms with E-state index in [1.54, 1.807) is 18.7 Å². The number of ether oxygens (including phenoxy) is 1. The number of aliphatic hydroxyl groups is 1. The van der Waals surface area contributed by atoms with Crippen LogP contribution in [0.25, 0.3) is 11.0 Å². The average Bonchev–Trinajstić information content (AvgIpc) is 2.92. The maximum atomic E-state index is 12.6. The molecule has 0 aliphatic heterocycles. The van der Waals surface area contributed by atoms with Gasteiger partial charge in [0.05, 0.1) is 17.7 Å². The Bertz CT molecular complexity index is 1150. The first kappa shape index (κ1) is 19.3. The van der Waals surface area contributed by atoms with Crippen LogP contribution in [-0.4, -0.2) is 18.8 Å². The quantitative estimate of drug-likeness (QED) is 0.737. The van der Waals surface area contributed by atoms with Crippen LogP contribution >= 0.6 is 11.6 Å². The molecule has 1 N–H and O–H groups in total. The Morgan fingerprint density at radius 2 is 1.63 bits per heavy atom. The number of hydrogen-bond acceptors (Lipinski definition) is 4. The van der Waals surface area contributed by atoms with Crippen molar-refractivity contribution in [2.45, 2.75) is 27.1 Å². The fourth-order valence-corrected chi connectivity index (χ4v) is 3.57. The van der Waals surface area contributed by atoms with Gasteiger partial charge in [0.15, 0.2) is 0 Å². The van der Waals surface area contributed by atoms with Crippen molar-refractivity contribution in [3.63, 3.8) is 0 Å². The van der Waals surface area contributed by atoms with Crippen molar-refractivity contribution in [2.24, 2.45) is 21.1 Å². The van der Waals surface area contributed by atoms with E-state index in [1.165, 1.54) is 11.6 Å². The standard InChI is InChI=1S/C19H22ClN3O4/c1-10-6-12(7-11(2)16(10)20)27-9-14-13(8-24)15-17(21(14)3)22(4)19(26)23(5)18(15)25/h6-7,24H,8-9H2,1-5H3. The maximum absolute atomic E-state index is 12.6. The molecule has 3 aromatic rings. The van der Waals surface area contributed by atoms with Gasteiger partial charge in [-0.1, -0.05) is 11.6 Å². The van der Waals surface area contributed by atoms with E-state index in [4.69, 9.17) is 16.3 Å².